The summed E-state index contributed by atoms with van der Waals surface area (Å²) in [6, 6.07) is 16.7. The summed E-state index contributed by atoms with van der Waals surface area (Å²) >= 11 is 0. The smallest absolute Gasteiger partial charge is 0.188 e. The molecule has 0 spiro atoms. The molecule has 0 saturated carbocycles. The third kappa shape index (κ3) is 4.59. The second-order valence-electron chi connectivity index (χ2n) is 6.65. The molecule has 0 unspecified atom stereocenters. The zero-order valence-corrected chi connectivity index (χ0v) is 14.8. The fourth-order valence-corrected chi connectivity index (χ4v) is 2.62. The molecule has 0 saturated heterocycles. The molecule has 0 aliphatic heterocycles. The molecule has 0 aliphatic rings. The number of benzene rings is 2. The highest BCUT2D eigenvalue weighted by Gasteiger charge is 2.02. The lowest BCUT2D eigenvalue weighted by atomic mass is 10.1. The standard InChI is InChI=1S/C20H25N5/c1-15(2)11-22-20(21)23-12-16-7-9-17(10-8-16)13-25-14-24-18-5-3-4-6-19(18)25/h3-10,14-15H,11-13H2,1-2H3,(H3,21,22,23). The predicted molar refractivity (Wildman–Crippen MR) is 103 cm³/mol. The van der Waals surface area contributed by atoms with E-state index >= 15 is 0 Å². The topological polar surface area (TPSA) is 68.2 Å². The lowest BCUT2D eigenvalue weighted by Gasteiger charge is -2.08. The molecular weight excluding hydrogens is 310 g/mol. The van der Waals surface area contributed by atoms with E-state index in [-0.39, 0.29) is 0 Å². The number of para-hydroxylation sites is 2. The second-order valence-corrected chi connectivity index (χ2v) is 6.65. The van der Waals surface area contributed by atoms with Crippen LogP contribution in [-0.2, 0) is 13.1 Å². The molecule has 0 atom stereocenters. The number of guanidine groups is 1. The van der Waals surface area contributed by atoms with Crippen molar-refractivity contribution in [3.63, 3.8) is 0 Å². The van der Waals surface area contributed by atoms with Crippen LogP contribution in [0.3, 0.4) is 0 Å². The number of hydrogen-bond donors (Lipinski definition) is 2. The lowest BCUT2D eigenvalue weighted by molar-refractivity contribution is 0.622. The summed E-state index contributed by atoms with van der Waals surface area (Å²) in [6.07, 6.45) is 1.89. The molecule has 130 valence electrons. The maximum atomic E-state index is 5.87. The number of nitrogens with two attached hydrogens (primary N) is 1. The van der Waals surface area contributed by atoms with Crippen LogP contribution >= 0.6 is 0 Å². The van der Waals surface area contributed by atoms with Gasteiger partial charge in [0.2, 0.25) is 0 Å². The number of aromatic nitrogens is 2. The van der Waals surface area contributed by atoms with Crippen LogP contribution in [0.4, 0.5) is 0 Å². The van der Waals surface area contributed by atoms with Crippen molar-refractivity contribution < 1.29 is 0 Å². The van der Waals surface area contributed by atoms with Gasteiger partial charge in [0, 0.05) is 13.1 Å². The maximum absolute atomic E-state index is 5.87. The molecule has 0 aliphatic carbocycles. The molecule has 1 aromatic heterocycles. The minimum absolute atomic E-state index is 0.502. The third-order valence-electron chi connectivity index (χ3n) is 4.03. The molecule has 3 rings (SSSR count). The zero-order valence-electron chi connectivity index (χ0n) is 14.8. The Balaban J connectivity index is 1.61. The van der Waals surface area contributed by atoms with Crippen molar-refractivity contribution in [1.29, 1.82) is 0 Å². The van der Waals surface area contributed by atoms with Crippen LogP contribution in [0.25, 0.3) is 11.0 Å². The Bertz CT molecular complexity index is 846. The Morgan fingerprint density at radius 2 is 1.84 bits per heavy atom. The molecular formula is C20H25N5. The van der Waals surface area contributed by atoms with Crippen molar-refractivity contribution in [2.45, 2.75) is 26.9 Å². The zero-order chi connectivity index (χ0) is 17.6. The minimum atomic E-state index is 0.502. The summed E-state index contributed by atoms with van der Waals surface area (Å²) < 4.78 is 2.16. The summed E-state index contributed by atoms with van der Waals surface area (Å²) in [6.45, 7) is 6.52. The summed E-state index contributed by atoms with van der Waals surface area (Å²) in [4.78, 5) is 8.82. The van der Waals surface area contributed by atoms with Crippen LogP contribution in [0, 0.1) is 5.92 Å². The Kier molecular flexibility index (Phi) is 5.33. The molecule has 0 amide bonds. The first kappa shape index (κ1) is 17.0. The average Bonchev–Trinajstić information content (AvgIpc) is 3.02. The van der Waals surface area contributed by atoms with E-state index in [1.54, 1.807) is 0 Å². The molecule has 0 radical (unpaired) electrons. The minimum Gasteiger partial charge on any atom is -0.370 e. The van der Waals surface area contributed by atoms with Crippen molar-refractivity contribution in [2.24, 2.45) is 16.6 Å². The molecule has 0 bridgehead atoms. The normalized spacial score (nSPS) is 12.0. The Morgan fingerprint density at radius 3 is 2.60 bits per heavy atom. The predicted octanol–water partition coefficient (Wildman–Crippen LogP) is 3.14. The molecule has 0 fully saturated rings. The maximum Gasteiger partial charge on any atom is 0.188 e. The summed E-state index contributed by atoms with van der Waals surface area (Å²) in [7, 11) is 0. The van der Waals surface area contributed by atoms with Gasteiger partial charge >= 0.3 is 0 Å². The molecule has 2 aromatic carbocycles. The first-order valence-electron chi connectivity index (χ1n) is 8.63. The van der Waals surface area contributed by atoms with Gasteiger partial charge in [0.1, 0.15) is 0 Å². The number of rotatable bonds is 6. The largest absolute Gasteiger partial charge is 0.370 e. The molecule has 1 heterocycles. The molecule has 5 nitrogen and oxygen atoms in total. The van der Waals surface area contributed by atoms with Gasteiger partial charge in [-0.05, 0) is 29.2 Å². The van der Waals surface area contributed by atoms with Gasteiger partial charge in [0.25, 0.3) is 0 Å². The van der Waals surface area contributed by atoms with E-state index in [9.17, 15) is 0 Å². The molecule has 3 aromatic rings. The molecule has 5 heteroatoms. The Hall–Kier alpha value is -2.82. The van der Waals surface area contributed by atoms with Crippen molar-refractivity contribution in [3.8, 4) is 0 Å². The number of nitrogens with zero attached hydrogens (tertiary/aromatic N) is 3. The van der Waals surface area contributed by atoms with Crippen molar-refractivity contribution >= 4 is 17.0 Å². The Morgan fingerprint density at radius 1 is 1.12 bits per heavy atom. The first-order chi connectivity index (χ1) is 12.1. The fourth-order valence-electron chi connectivity index (χ4n) is 2.62. The van der Waals surface area contributed by atoms with Crippen molar-refractivity contribution in [1.82, 2.24) is 14.9 Å². The van der Waals surface area contributed by atoms with Gasteiger partial charge in [0.15, 0.2) is 5.96 Å². The van der Waals surface area contributed by atoms with Gasteiger partial charge in [-0.15, -0.1) is 0 Å². The Labute approximate surface area is 148 Å². The van der Waals surface area contributed by atoms with Crippen LogP contribution < -0.4 is 11.1 Å². The van der Waals surface area contributed by atoms with Gasteiger partial charge < -0.3 is 15.6 Å². The number of nitrogens with one attached hydrogen (secondary N) is 1. The summed E-state index contributed by atoms with van der Waals surface area (Å²) in [5.41, 5.74) is 10.4. The molecule has 25 heavy (non-hydrogen) atoms. The highest BCUT2D eigenvalue weighted by molar-refractivity contribution is 5.77. The highest BCUT2D eigenvalue weighted by Crippen LogP contribution is 2.14. The second kappa shape index (κ2) is 7.83. The van der Waals surface area contributed by atoms with Gasteiger partial charge in [-0.3, -0.25) is 0 Å². The van der Waals surface area contributed by atoms with Crippen molar-refractivity contribution in [3.05, 3.63) is 66.0 Å². The number of aliphatic imine (C=N–C) groups is 1. The van der Waals surface area contributed by atoms with Crippen LogP contribution in [0.2, 0.25) is 0 Å². The van der Waals surface area contributed by atoms with Crippen LogP contribution in [0.15, 0.2) is 59.9 Å². The lowest BCUT2D eigenvalue weighted by Crippen LogP contribution is -2.34. The SMILES string of the molecule is CC(C)CNC(N)=NCc1ccc(Cn2cnc3ccccc32)cc1. The number of fused-ring (bicyclic) bond motifs is 1. The van der Waals surface area contributed by atoms with Crippen LogP contribution in [0.1, 0.15) is 25.0 Å². The monoisotopic (exact) mass is 335 g/mol. The van der Waals surface area contributed by atoms with Crippen LogP contribution in [0.5, 0.6) is 0 Å². The molecule has 3 N–H and O–H groups in total. The van der Waals surface area contributed by atoms with Gasteiger partial charge in [-0.1, -0.05) is 50.2 Å². The van der Waals surface area contributed by atoms with Gasteiger partial charge in [-0.2, -0.15) is 0 Å². The van der Waals surface area contributed by atoms with Crippen molar-refractivity contribution in [2.75, 3.05) is 6.54 Å². The van der Waals surface area contributed by atoms with E-state index in [4.69, 9.17) is 5.73 Å². The van der Waals surface area contributed by atoms with E-state index in [2.05, 4.69) is 64.0 Å². The third-order valence-corrected chi connectivity index (χ3v) is 4.03. The number of imidazole rings is 1. The van der Waals surface area contributed by atoms with Crippen LogP contribution in [-0.4, -0.2) is 22.1 Å². The first-order valence-corrected chi connectivity index (χ1v) is 8.63. The van der Waals surface area contributed by atoms with Gasteiger partial charge in [0.05, 0.1) is 23.9 Å². The van der Waals surface area contributed by atoms with E-state index < -0.39 is 0 Å². The van der Waals surface area contributed by atoms with E-state index in [1.807, 2.05) is 24.5 Å². The summed E-state index contributed by atoms with van der Waals surface area (Å²) in [5, 5.41) is 3.13. The fraction of sp³-hybridized carbons (Fsp3) is 0.300. The number of hydrogen-bond acceptors (Lipinski definition) is 2. The average molecular weight is 335 g/mol. The van der Waals surface area contributed by atoms with E-state index in [0.29, 0.717) is 18.4 Å². The van der Waals surface area contributed by atoms with E-state index in [0.717, 1.165) is 29.7 Å². The quantitative estimate of drug-likeness (QED) is 0.537. The van der Waals surface area contributed by atoms with Gasteiger partial charge in [-0.25, -0.2) is 9.98 Å². The highest BCUT2D eigenvalue weighted by atomic mass is 15.1. The van der Waals surface area contributed by atoms with E-state index in [1.165, 1.54) is 5.56 Å². The summed E-state index contributed by atoms with van der Waals surface area (Å²) in [5.74, 6) is 1.05.